The average Bonchev–Trinajstić information content (AvgIpc) is 3.08. The summed E-state index contributed by atoms with van der Waals surface area (Å²) in [7, 11) is 0. The van der Waals surface area contributed by atoms with Crippen molar-refractivity contribution in [1.29, 1.82) is 0 Å². The number of fused-ring (bicyclic) bond motifs is 1. The number of halogens is 1. The van der Waals surface area contributed by atoms with E-state index in [9.17, 15) is 9.59 Å². The zero-order valence-electron chi connectivity index (χ0n) is 16.2. The number of hydrogen-bond donors (Lipinski definition) is 2. The van der Waals surface area contributed by atoms with Gasteiger partial charge in [0.25, 0.3) is 11.8 Å². The SMILES string of the molecule is Cc1cc(OCC(=O)Nc2nc(-c3ccc4c(c3)NC(=O)CO4)c(C)s2)ccc1Cl. The lowest BCUT2D eigenvalue weighted by Crippen LogP contribution is -2.25. The van der Waals surface area contributed by atoms with Crippen molar-refractivity contribution < 1.29 is 19.1 Å². The van der Waals surface area contributed by atoms with E-state index in [1.165, 1.54) is 11.3 Å². The molecule has 7 nitrogen and oxygen atoms in total. The number of carbonyl (C=O) groups is 2. The highest BCUT2D eigenvalue weighted by atomic mass is 35.5. The topological polar surface area (TPSA) is 89.5 Å². The number of amides is 2. The quantitative estimate of drug-likeness (QED) is 0.609. The normalized spacial score (nSPS) is 12.6. The van der Waals surface area contributed by atoms with E-state index in [1.807, 2.05) is 26.0 Å². The molecule has 0 atom stereocenters. The number of aromatic nitrogens is 1. The molecule has 0 unspecified atom stereocenters. The molecule has 0 saturated carbocycles. The van der Waals surface area contributed by atoms with E-state index in [0.717, 1.165) is 21.7 Å². The van der Waals surface area contributed by atoms with Crippen LogP contribution in [-0.4, -0.2) is 30.0 Å². The molecular formula is C21H18ClN3O4S. The number of nitrogens with one attached hydrogen (secondary N) is 2. The van der Waals surface area contributed by atoms with E-state index in [1.54, 1.807) is 24.3 Å². The number of benzene rings is 2. The molecule has 0 fully saturated rings. The molecule has 154 valence electrons. The van der Waals surface area contributed by atoms with Crippen LogP contribution < -0.4 is 20.1 Å². The van der Waals surface area contributed by atoms with Gasteiger partial charge in [0.2, 0.25) is 0 Å². The van der Waals surface area contributed by atoms with Crippen molar-refractivity contribution in [2.45, 2.75) is 13.8 Å². The molecule has 0 saturated heterocycles. The standard InChI is InChI=1S/C21H18ClN3O4S/c1-11-7-14(4-5-15(11)22)28-9-19(27)24-21-25-20(12(2)30-21)13-3-6-17-16(8-13)23-18(26)10-29-17/h3-8H,9-10H2,1-2H3,(H,23,26)(H,24,25,27). The van der Waals surface area contributed by atoms with Crippen molar-refractivity contribution in [3.05, 3.63) is 51.9 Å². The summed E-state index contributed by atoms with van der Waals surface area (Å²) in [4.78, 5) is 29.3. The molecule has 2 aromatic carbocycles. The second-order valence-corrected chi connectivity index (χ2v) is 8.33. The molecule has 1 aromatic heterocycles. The monoisotopic (exact) mass is 443 g/mol. The maximum Gasteiger partial charge on any atom is 0.264 e. The molecule has 0 spiro atoms. The highest BCUT2D eigenvalue weighted by Gasteiger charge is 2.18. The summed E-state index contributed by atoms with van der Waals surface area (Å²) in [6, 6.07) is 10.7. The van der Waals surface area contributed by atoms with Crippen LogP contribution in [0.15, 0.2) is 36.4 Å². The molecule has 0 aliphatic carbocycles. The number of aryl methyl sites for hydroxylation is 2. The zero-order valence-corrected chi connectivity index (χ0v) is 17.8. The summed E-state index contributed by atoms with van der Waals surface area (Å²) in [6.07, 6.45) is 0. The Balaban J connectivity index is 1.43. The molecule has 4 rings (SSSR count). The Bertz CT molecular complexity index is 1150. The third kappa shape index (κ3) is 4.39. The maximum atomic E-state index is 12.3. The molecule has 3 aromatic rings. The third-order valence-corrected chi connectivity index (χ3v) is 5.74. The molecular weight excluding hydrogens is 426 g/mol. The number of ether oxygens (including phenoxy) is 2. The predicted octanol–water partition coefficient (Wildman–Crippen LogP) is 4.43. The molecule has 0 bridgehead atoms. The lowest BCUT2D eigenvalue weighted by Gasteiger charge is -2.18. The van der Waals surface area contributed by atoms with Crippen LogP contribution in [0.4, 0.5) is 10.8 Å². The van der Waals surface area contributed by atoms with E-state index in [-0.39, 0.29) is 25.0 Å². The number of rotatable bonds is 5. The van der Waals surface area contributed by atoms with Gasteiger partial charge in [-0.15, -0.1) is 11.3 Å². The van der Waals surface area contributed by atoms with E-state index in [2.05, 4.69) is 15.6 Å². The van der Waals surface area contributed by atoms with Gasteiger partial charge < -0.3 is 14.8 Å². The van der Waals surface area contributed by atoms with Crippen LogP contribution in [0, 0.1) is 13.8 Å². The largest absolute Gasteiger partial charge is 0.484 e. The van der Waals surface area contributed by atoms with Crippen LogP contribution >= 0.6 is 22.9 Å². The van der Waals surface area contributed by atoms with E-state index >= 15 is 0 Å². The van der Waals surface area contributed by atoms with Crippen LogP contribution in [0.3, 0.4) is 0 Å². The second-order valence-electron chi connectivity index (χ2n) is 6.72. The number of thiazole rings is 1. The van der Waals surface area contributed by atoms with Crippen LogP contribution in [0.1, 0.15) is 10.4 Å². The number of carbonyl (C=O) groups excluding carboxylic acids is 2. The fraction of sp³-hybridized carbons (Fsp3) is 0.190. The van der Waals surface area contributed by atoms with E-state index < -0.39 is 0 Å². The Hall–Kier alpha value is -3.10. The Morgan fingerprint density at radius 3 is 2.93 bits per heavy atom. The Morgan fingerprint density at radius 1 is 1.30 bits per heavy atom. The molecule has 1 aliphatic rings. The van der Waals surface area contributed by atoms with E-state index in [4.69, 9.17) is 21.1 Å². The molecule has 9 heteroatoms. The number of nitrogens with zero attached hydrogens (tertiary/aromatic N) is 1. The Kier molecular flexibility index (Phi) is 5.61. The lowest BCUT2D eigenvalue weighted by molar-refractivity contribution is -0.119. The molecule has 2 heterocycles. The highest BCUT2D eigenvalue weighted by Crippen LogP contribution is 2.36. The van der Waals surface area contributed by atoms with Gasteiger partial charge >= 0.3 is 0 Å². The van der Waals surface area contributed by atoms with Crippen molar-refractivity contribution in [3.8, 4) is 22.8 Å². The van der Waals surface area contributed by atoms with Gasteiger partial charge in [0, 0.05) is 15.5 Å². The number of anilines is 2. The van der Waals surface area contributed by atoms with E-state index in [0.29, 0.717) is 27.3 Å². The first kappa shape index (κ1) is 20.2. The van der Waals surface area contributed by atoms with Crippen molar-refractivity contribution in [3.63, 3.8) is 0 Å². The molecule has 2 N–H and O–H groups in total. The average molecular weight is 444 g/mol. The van der Waals surface area contributed by atoms with Crippen molar-refractivity contribution in [1.82, 2.24) is 4.98 Å². The van der Waals surface area contributed by atoms with Gasteiger partial charge in [0.05, 0.1) is 11.4 Å². The second kappa shape index (κ2) is 8.33. The van der Waals surface area contributed by atoms with Gasteiger partial charge in [-0.1, -0.05) is 11.6 Å². The summed E-state index contributed by atoms with van der Waals surface area (Å²) in [5, 5.41) is 6.66. The first-order valence-electron chi connectivity index (χ1n) is 9.12. The summed E-state index contributed by atoms with van der Waals surface area (Å²) < 4.78 is 10.9. The maximum absolute atomic E-state index is 12.3. The predicted molar refractivity (Wildman–Crippen MR) is 117 cm³/mol. The zero-order chi connectivity index (χ0) is 21.3. The molecule has 1 aliphatic heterocycles. The van der Waals surface area contributed by atoms with Gasteiger partial charge in [-0.05, 0) is 55.8 Å². The highest BCUT2D eigenvalue weighted by molar-refractivity contribution is 7.16. The summed E-state index contributed by atoms with van der Waals surface area (Å²) in [5.41, 5.74) is 3.03. The van der Waals surface area contributed by atoms with Crippen molar-refractivity contribution in [2.24, 2.45) is 0 Å². The summed E-state index contributed by atoms with van der Waals surface area (Å²) in [6.45, 7) is 3.66. The molecule has 30 heavy (non-hydrogen) atoms. The van der Waals surface area contributed by atoms with Gasteiger partial charge in [-0.25, -0.2) is 4.98 Å². The first-order chi connectivity index (χ1) is 14.4. The van der Waals surface area contributed by atoms with Gasteiger partial charge in [0.15, 0.2) is 18.3 Å². The fourth-order valence-electron chi connectivity index (χ4n) is 2.96. The Labute approximate surface area is 182 Å². The fourth-order valence-corrected chi connectivity index (χ4v) is 3.93. The third-order valence-electron chi connectivity index (χ3n) is 4.43. The van der Waals surface area contributed by atoms with Crippen molar-refractivity contribution in [2.75, 3.05) is 23.8 Å². The molecule has 0 radical (unpaired) electrons. The summed E-state index contributed by atoms with van der Waals surface area (Å²) >= 11 is 7.36. The summed E-state index contributed by atoms with van der Waals surface area (Å²) in [5.74, 6) is 0.684. The minimum Gasteiger partial charge on any atom is -0.484 e. The van der Waals surface area contributed by atoms with Crippen molar-refractivity contribution >= 4 is 45.6 Å². The minimum atomic E-state index is -0.311. The first-order valence-corrected chi connectivity index (χ1v) is 10.3. The van der Waals surface area contributed by atoms with Crippen LogP contribution in [0.5, 0.6) is 11.5 Å². The lowest BCUT2D eigenvalue weighted by atomic mass is 10.1. The van der Waals surface area contributed by atoms with Crippen LogP contribution in [0.2, 0.25) is 5.02 Å². The number of hydrogen-bond acceptors (Lipinski definition) is 6. The minimum absolute atomic E-state index is 0.00984. The molecule has 2 amide bonds. The smallest absolute Gasteiger partial charge is 0.264 e. The van der Waals surface area contributed by atoms with Gasteiger partial charge in [-0.2, -0.15) is 0 Å². The van der Waals surface area contributed by atoms with Crippen LogP contribution in [0.25, 0.3) is 11.3 Å². The van der Waals surface area contributed by atoms with Crippen LogP contribution in [-0.2, 0) is 9.59 Å². The van der Waals surface area contributed by atoms with Gasteiger partial charge in [-0.3, -0.25) is 14.9 Å². The van der Waals surface area contributed by atoms with Gasteiger partial charge in [0.1, 0.15) is 11.5 Å². The Morgan fingerprint density at radius 2 is 2.13 bits per heavy atom.